The third-order valence-corrected chi connectivity index (χ3v) is 11.4. The summed E-state index contributed by atoms with van der Waals surface area (Å²) in [6.45, 7) is 4.76. The van der Waals surface area contributed by atoms with Gasteiger partial charge in [0.05, 0.1) is 5.69 Å². The fourth-order valence-corrected chi connectivity index (χ4v) is 9.25. The SMILES string of the molecule is CCC1(CC)c2ccccc2-c2cc3ccc4ccccc4c3c(N(c3ccccc3)c3ccc4sc5ccccc5c4c3)c21. The molecule has 2 heteroatoms. The third kappa shape index (κ3) is 3.73. The lowest BCUT2D eigenvalue weighted by Crippen LogP contribution is -2.26. The van der Waals surface area contributed by atoms with Crippen LogP contribution >= 0.6 is 11.3 Å². The first-order chi connectivity index (χ1) is 22.2. The van der Waals surface area contributed by atoms with Crippen molar-refractivity contribution >= 4 is 70.1 Å². The molecule has 9 rings (SSSR count). The highest BCUT2D eigenvalue weighted by Crippen LogP contribution is 2.60. The molecule has 45 heavy (non-hydrogen) atoms. The van der Waals surface area contributed by atoms with Crippen molar-refractivity contribution in [3.05, 3.63) is 151 Å². The molecule has 1 heterocycles. The second-order valence-corrected chi connectivity index (χ2v) is 13.4. The van der Waals surface area contributed by atoms with Gasteiger partial charge in [0.15, 0.2) is 0 Å². The molecular formula is C43H33NS. The van der Waals surface area contributed by atoms with Crippen LogP contribution in [0.3, 0.4) is 0 Å². The average Bonchev–Trinajstić information content (AvgIpc) is 3.61. The lowest BCUT2D eigenvalue weighted by molar-refractivity contribution is 0.491. The monoisotopic (exact) mass is 595 g/mol. The molecule has 0 spiro atoms. The van der Waals surface area contributed by atoms with Crippen LogP contribution in [0.1, 0.15) is 37.8 Å². The van der Waals surface area contributed by atoms with Crippen molar-refractivity contribution in [2.45, 2.75) is 32.1 Å². The van der Waals surface area contributed by atoms with Crippen LogP contribution in [0.2, 0.25) is 0 Å². The minimum Gasteiger partial charge on any atom is -0.309 e. The van der Waals surface area contributed by atoms with Crippen molar-refractivity contribution in [1.82, 2.24) is 0 Å². The molecule has 0 saturated carbocycles. The van der Waals surface area contributed by atoms with Gasteiger partial charge in [-0.3, -0.25) is 0 Å². The van der Waals surface area contributed by atoms with Crippen LogP contribution in [0.25, 0.3) is 52.8 Å². The maximum absolute atomic E-state index is 2.57. The van der Waals surface area contributed by atoms with Gasteiger partial charge in [0.25, 0.3) is 0 Å². The predicted molar refractivity (Wildman–Crippen MR) is 196 cm³/mol. The Labute approximate surface area is 268 Å². The fraction of sp³-hybridized carbons (Fsp3) is 0.116. The Balaban J connectivity index is 1.48. The minimum atomic E-state index is -0.0986. The van der Waals surface area contributed by atoms with Crippen LogP contribution in [-0.2, 0) is 5.41 Å². The largest absolute Gasteiger partial charge is 0.309 e. The number of benzene rings is 7. The molecule has 0 bridgehead atoms. The van der Waals surface area contributed by atoms with E-state index in [1.807, 2.05) is 11.3 Å². The van der Waals surface area contributed by atoms with E-state index in [4.69, 9.17) is 0 Å². The zero-order chi connectivity index (χ0) is 30.1. The maximum Gasteiger partial charge on any atom is 0.0593 e. The second-order valence-electron chi connectivity index (χ2n) is 12.3. The molecule has 0 N–H and O–H groups in total. The highest BCUT2D eigenvalue weighted by atomic mass is 32.1. The summed E-state index contributed by atoms with van der Waals surface area (Å²) in [6.07, 6.45) is 2.07. The van der Waals surface area contributed by atoms with E-state index in [9.17, 15) is 0 Å². The Hall–Kier alpha value is -4.92. The van der Waals surface area contributed by atoms with E-state index in [1.165, 1.54) is 81.0 Å². The number of rotatable bonds is 5. The van der Waals surface area contributed by atoms with Gasteiger partial charge in [0.1, 0.15) is 0 Å². The third-order valence-electron chi connectivity index (χ3n) is 10.3. The first kappa shape index (κ1) is 26.5. The van der Waals surface area contributed by atoms with Gasteiger partial charge in [-0.05, 0) is 93.7 Å². The van der Waals surface area contributed by atoms with Crippen LogP contribution in [0.5, 0.6) is 0 Å². The van der Waals surface area contributed by atoms with Crippen molar-refractivity contribution in [2.75, 3.05) is 4.90 Å². The van der Waals surface area contributed by atoms with E-state index in [0.717, 1.165) is 12.8 Å². The van der Waals surface area contributed by atoms with Crippen molar-refractivity contribution in [3.63, 3.8) is 0 Å². The molecule has 8 aromatic rings. The number of nitrogens with zero attached hydrogens (tertiary/aromatic N) is 1. The maximum atomic E-state index is 2.57. The summed E-state index contributed by atoms with van der Waals surface area (Å²) in [6, 6.07) is 52.1. The number of anilines is 3. The topological polar surface area (TPSA) is 3.24 Å². The van der Waals surface area contributed by atoms with Crippen molar-refractivity contribution in [2.24, 2.45) is 0 Å². The van der Waals surface area contributed by atoms with Gasteiger partial charge >= 0.3 is 0 Å². The molecule has 1 aliphatic carbocycles. The Kier molecular flexibility index (Phi) is 5.92. The number of fused-ring (bicyclic) bond motifs is 9. The summed E-state index contributed by atoms with van der Waals surface area (Å²) >= 11 is 1.88. The molecule has 0 fully saturated rings. The Morgan fingerprint density at radius 3 is 2.07 bits per heavy atom. The highest BCUT2D eigenvalue weighted by molar-refractivity contribution is 7.25. The number of para-hydroxylation sites is 1. The summed E-state index contributed by atoms with van der Waals surface area (Å²) in [5, 5.41) is 7.81. The Bertz CT molecular complexity index is 2410. The summed E-state index contributed by atoms with van der Waals surface area (Å²) < 4.78 is 2.66. The summed E-state index contributed by atoms with van der Waals surface area (Å²) in [5.74, 6) is 0. The van der Waals surface area contributed by atoms with Crippen molar-refractivity contribution < 1.29 is 0 Å². The minimum absolute atomic E-state index is 0.0986. The van der Waals surface area contributed by atoms with Crippen LogP contribution in [0.15, 0.2) is 140 Å². The molecular weight excluding hydrogens is 563 g/mol. The van der Waals surface area contributed by atoms with Crippen LogP contribution < -0.4 is 4.90 Å². The standard InChI is InChI=1S/C43H33NS/c1-3-43(4-2)37-20-12-10-18-33(37)36-26-29-23-22-28-14-8-9-17-32(28)40(29)42(41(36)43)44(30-15-6-5-7-16-30)31-24-25-39-35(27-31)34-19-11-13-21-38(34)45-39/h5-27H,3-4H2,1-2H3. The normalized spacial score (nSPS) is 13.5. The van der Waals surface area contributed by atoms with Crippen molar-refractivity contribution in [1.29, 1.82) is 0 Å². The van der Waals surface area contributed by atoms with E-state index in [0.29, 0.717) is 0 Å². The van der Waals surface area contributed by atoms with E-state index < -0.39 is 0 Å². The summed E-state index contributed by atoms with van der Waals surface area (Å²) in [5.41, 5.74) is 9.24. The van der Waals surface area contributed by atoms with Crippen LogP contribution in [0.4, 0.5) is 17.1 Å². The van der Waals surface area contributed by atoms with Gasteiger partial charge in [-0.15, -0.1) is 11.3 Å². The van der Waals surface area contributed by atoms with E-state index in [1.54, 1.807) is 0 Å². The number of hydrogen-bond acceptors (Lipinski definition) is 2. The summed E-state index contributed by atoms with van der Waals surface area (Å²) in [7, 11) is 0. The molecule has 216 valence electrons. The van der Waals surface area contributed by atoms with Gasteiger partial charge in [0, 0.05) is 42.3 Å². The zero-order valence-corrected chi connectivity index (χ0v) is 26.4. The molecule has 7 aromatic carbocycles. The molecule has 0 saturated heterocycles. The highest BCUT2D eigenvalue weighted by Gasteiger charge is 2.44. The van der Waals surface area contributed by atoms with E-state index in [-0.39, 0.29) is 5.41 Å². The quantitative estimate of drug-likeness (QED) is 0.179. The fourth-order valence-electron chi connectivity index (χ4n) is 8.17. The van der Waals surface area contributed by atoms with Gasteiger partial charge in [0.2, 0.25) is 0 Å². The number of thiophene rings is 1. The van der Waals surface area contributed by atoms with Crippen LogP contribution in [0, 0.1) is 0 Å². The summed E-state index contributed by atoms with van der Waals surface area (Å²) in [4.78, 5) is 2.57. The van der Waals surface area contributed by atoms with Gasteiger partial charge < -0.3 is 4.90 Å². The van der Waals surface area contributed by atoms with E-state index in [2.05, 4.69) is 158 Å². The van der Waals surface area contributed by atoms with Gasteiger partial charge in [-0.25, -0.2) is 0 Å². The average molecular weight is 596 g/mol. The molecule has 0 radical (unpaired) electrons. The molecule has 0 atom stereocenters. The van der Waals surface area contributed by atoms with Gasteiger partial charge in [-0.1, -0.05) is 111 Å². The molecule has 1 aromatic heterocycles. The molecule has 1 aliphatic rings. The molecule has 0 aliphatic heterocycles. The predicted octanol–water partition coefficient (Wildman–Crippen LogP) is 12.9. The lowest BCUT2D eigenvalue weighted by atomic mass is 9.72. The first-order valence-corrected chi connectivity index (χ1v) is 16.9. The lowest BCUT2D eigenvalue weighted by Gasteiger charge is -2.36. The van der Waals surface area contributed by atoms with Crippen molar-refractivity contribution in [3.8, 4) is 11.1 Å². The Morgan fingerprint density at radius 1 is 0.533 bits per heavy atom. The number of hydrogen-bond donors (Lipinski definition) is 0. The second kappa shape index (κ2) is 10.1. The molecule has 0 amide bonds. The van der Waals surface area contributed by atoms with Crippen LogP contribution in [-0.4, -0.2) is 0 Å². The zero-order valence-electron chi connectivity index (χ0n) is 25.5. The first-order valence-electron chi connectivity index (χ1n) is 16.1. The van der Waals surface area contributed by atoms with Gasteiger partial charge in [-0.2, -0.15) is 0 Å². The molecule has 1 nitrogen and oxygen atoms in total. The smallest absolute Gasteiger partial charge is 0.0593 e. The van der Waals surface area contributed by atoms with E-state index >= 15 is 0 Å². The Morgan fingerprint density at radius 2 is 1.22 bits per heavy atom. The molecule has 0 unspecified atom stereocenters.